The first kappa shape index (κ1) is 23.4. The molecule has 0 atom stereocenters. The standard InChI is InChI=1S/C22H23Cl2N5O3S/c1-14-3-4-15(23)11-18(14)28-7-9-29(10-8-28)22-26-13-20(21(25)27-22)33(30,31)16-5-6-19(32-2)17(24)12-16/h3-6,11-13H,7-10H2,1-2H3,(H2,25,26,27). The molecule has 0 radical (unpaired) electrons. The van der Waals surface area contributed by atoms with Gasteiger partial charge in [-0.1, -0.05) is 29.3 Å². The quantitative estimate of drug-likeness (QED) is 0.555. The van der Waals surface area contributed by atoms with E-state index in [4.69, 9.17) is 33.7 Å². The lowest BCUT2D eigenvalue weighted by molar-refractivity contribution is 0.414. The van der Waals surface area contributed by atoms with Crippen molar-refractivity contribution in [2.45, 2.75) is 16.7 Å². The number of rotatable bonds is 5. The van der Waals surface area contributed by atoms with Crippen LogP contribution in [-0.2, 0) is 9.84 Å². The Kier molecular flexibility index (Phi) is 6.56. The van der Waals surface area contributed by atoms with Crippen LogP contribution in [0.5, 0.6) is 5.75 Å². The topological polar surface area (TPSA) is 102 Å². The van der Waals surface area contributed by atoms with Gasteiger partial charge in [0.2, 0.25) is 15.8 Å². The molecule has 0 aliphatic carbocycles. The molecular formula is C22H23Cl2N5O3S. The molecule has 0 amide bonds. The predicted molar refractivity (Wildman–Crippen MR) is 131 cm³/mol. The zero-order valence-corrected chi connectivity index (χ0v) is 20.5. The van der Waals surface area contributed by atoms with Crippen molar-refractivity contribution in [2.24, 2.45) is 0 Å². The monoisotopic (exact) mass is 507 g/mol. The third-order valence-electron chi connectivity index (χ3n) is 5.57. The van der Waals surface area contributed by atoms with Gasteiger partial charge in [-0.05, 0) is 42.8 Å². The van der Waals surface area contributed by atoms with Crippen molar-refractivity contribution in [3.63, 3.8) is 0 Å². The van der Waals surface area contributed by atoms with Crippen LogP contribution in [0.3, 0.4) is 0 Å². The Labute approximate surface area is 202 Å². The number of halogens is 2. The van der Waals surface area contributed by atoms with Gasteiger partial charge in [-0.3, -0.25) is 0 Å². The van der Waals surface area contributed by atoms with E-state index in [0.717, 1.165) is 24.3 Å². The first-order valence-electron chi connectivity index (χ1n) is 10.2. The minimum absolute atomic E-state index is 0.0122. The summed E-state index contributed by atoms with van der Waals surface area (Å²) in [5.74, 6) is 0.657. The number of anilines is 3. The molecule has 1 aliphatic heterocycles. The minimum atomic E-state index is -3.95. The lowest BCUT2D eigenvalue weighted by Gasteiger charge is -2.37. The highest BCUT2D eigenvalue weighted by molar-refractivity contribution is 7.91. The number of hydrogen-bond donors (Lipinski definition) is 1. The van der Waals surface area contributed by atoms with E-state index < -0.39 is 9.84 Å². The van der Waals surface area contributed by atoms with Gasteiger partial charge in [0.05, 0.1) is 23.2 Å². The second kappa shape index (κ2) is 9.24. The molecule has 11 heteroatoms. The molecule has 0 bridgehead atoms. The molecule has 1 fully saturated rings. The van der Waals surface area contributed by atoms with E-state index in [9.17, 15) is 8.42 Å². The van der Waals surface area contributed by atoms with E-state index in [0.29, 0.717) is 29.8 Å². The van der Waals surface area contributed by atoms with Gasteiger partial charge in [0.1, 0.15) is 16.5 Å². The van der Waals surface area contributed by atoms with Crippen LogP contribution in [0.1, 0.15) is 5.56 Å². The average molecular weight is 508 g/mol. The number of aromatic nitrogens is 2. The summed E-state index contributed by atoms with van der Waals surface area (Å²) >= 11 is 12.3. The minimum Gasteiger partial charge on any atom is -0.495 e. The molecule has 2 heterocycles. The Morgan fingerprint density at radius 1 is 1.03 bits per heavy atom. The Morgan fingerprint density at radius 2 is 1.73 bits per heavy atom. The largest absolute Gasteiger partial charge is 0.495 e. The van der Waals surface area contributed by atoms with E-state index in [1.165, 1.54) is 31.5 Å². The number of nitrogens with zero attached hydrogens (tertiary/aromatic N) is 4. The van der Waals surface area contributed by atoms with Crippen LogP contribution in [0, 0.1) is 6.92 Å². The van der Waals surface area contributed by atoms with Crippen molar-refractivity contribution in [2.75, 3.05) is 48.8 Å². The molecule has 1 aromatic heterocycles. The van der Waals surface area contributed by atoms with Gasteiger partial charge in [-0.2, -0.15) is 4.98 Å². The van der Waals surface area contributed by atoms with E-state index in [-0.39, 0.29) is 20.6 Å². The van der Waals surface area contributed by atoms with Crippen molar-refractivity contribution >= 4 is 50.5 Å². The normalized spacial score (nSPS) is 14.4. The highest BCUT2D eigenvalue weighted by atomic mass is 35.5. The number of piperazine rings is 1. The summed E-state index contributed by atoms with van der Waals surface area (Å²) in [5, 5.41) is 0.881. The molecule has 3 aromatic rings. The van der Waals surface area contributed by atoms with Crippen LogP contribution < -0.4 is 20.3 Å². The summed E-state index contributed by atoms with van der Waals surface area (Å²) in [6, 6.07) is 10.1. The first-order valence-corrected chi connectivity index (χ1v) is 12.4. The summed E-state index contributed by atoms with van der Waals surface area (Å²) in [6.07, 6.45) is 1.25. The van der Waals surface area contributed by atoms with E-state index in [1.54, 1.807) is 0 Å². The lowest BCUT2D eigenvalue weighted by atomic mass is 10.1. The van der Waals surface area contributed by atoms with Crippen LogP contribution in [-0.4, -0.2) is 51.7 Å². The zero-order valence-electron chi connectivity index (χ0n) is 18.1. The number of methoxy groups -OCH3 is 1. The van der Waals surface area contributed by atoms with Crippen LogP contribution in [0.25, 0.3) is 0 Å². The second-order valence-corrected chi connectivity index (χ2v) is 10.4. The Hall–Kier alpha value is -2.75. The van der Waals surface area contributed by atoms with Gasteiger partial charge < -0.3 is 20.3 Å². The molecular weight excluding hydrogens is 485 g/mol. The summed E-state index contributed by atoms with van der Waals surface area (Å²) in [5.41, 5.74) is 8.31. The Bertz CT molecular complexity index is 1300. The number of nitrogen functional groups attached to an aromatic ring is 1. The lowest BCUT2D eigenvalue weighted by Crippen LogP contribution is -2.47. The summed E-state index contributed by atoms with van der Waals surface area (Å²) in [7, 11) is -2.49. The average Bonchev–Trinajstić information content (AvgIpc) is 2.80. The molecule has 1 aliphatic rings. The third-order valence-corrected chi connectivity index (χ3v) is 7.87. The third kappa shape index (κ3) is 4.66. The van der Waals surface area contributed by atoms with E-state index in [1.807, 2.05) is 23.1 Å². The summed E-state index contributed by atoms with van der Waals surface area (Å²) in [4.78, 5) is 12.6. The SMILES string of the molecule is COc1ccc(S(=O)(=O)c2cnc(N3CCN(c4cc(Cl)ccc4C)CC3)nc2N)cc1Cl. The summed E-state index contributed by atoms with van der Waals surface area (Å²) in [6.45, 7) is 4.86. The van der Waals surface area contributed by atoms with Crippen molar-refractivity contribution in [1.82, 2.24) is 9.97 Å². The van der Waals surface area contributed by atoms with Crippen molar-refractivity contribution in [1.29, 1.82) is 0 Å². The van der Waals surface area contributed by atoms with Crippen LogP contribution in [0.2, 0.25) is 10.0 Å². The molecule has 174 valence electrons. The maximum absolute atomic E-state index is 13.1. The molecule has 8 nitrogen and oxygen atoms in total. The van der Waals surface area contributed by atoms with Gasteiger partial charge in [0.25, 0.3) is 0 Å². The number of hydrogen-bond acceptors (Lipinski definition) is 8. The number of sulfone groups is 1. The Morgan fingerprint density at radius 3 is 2.36 bits per heavy atom. The fourth-order valence-electron chi connectivity index (χ4n) is 3.75. The van der Waals surface area contributed by atoms with Gasteiger partial charge in [-0.15, -0.1) is 0 Å². The number of ether oxygens (including phenoxy) is 1. The molecule has 33 heavy (non-hydrogen) atoms. The van der Waals surface area contributed by atoms with Gasteiger partial charge >= 0.3 is 0 Å². The Balaban J connectivity index is 1.52. The maximum Gasteiger partial charge on any atom is 0.227 e. The van der Waals surface area contributed by atoms with E-state index >= 15 is 0 Å². The molecule has 0 unspecified atom stereocenters. The second-order valence-electron chi connectivity index (χ2n) is 7.62. The predicted octanol–water partition coefficient (Wildman–Crippen LogP) is 3.84. The zero-order chi connectivity index (χ0) is 23.8. The number of benzene rings is 2. The molecule has 4 rings (SSSR count). The summed E-state index contributed by atoms with van der Waals surface area (Å²) < 4.78 is 31.2. The first-order chi connectivity index (χ1) is 15.7. The highest BCUT2D eigenvalue weighted by Crippen LogP contribution is 2.32. The molecule has 2 aromatic carbocycles. The van der Waals surface area contributed by atoms with Gasteiger partial charge in [0, 0.05) is 36.9 Å². The fraction of sp³-hybridized carbons (Fsp3) is 0.273. The number of aryl methyl sites for hydroxylation is 1. The van der Waals surface area contributed by atoms with Gasteiger partial charge in [0.15, 0.2) is 0 Å². The van der Waals surface area contributed by atoms with E-state index in [2.05, 4.69) is 21.8 Å². The smallest absolute Gasteiger partial charge is 0.227 e. The van der Waals surface area contributed by atoms with Crippen molar-refractivity contribution < 1.29 is 13.2 Å². The molecule has 2 N–H and O–H groups in total. The van der Waals surface area contributed by atoms with Crippen LogP contribution in [0.15, 0.2) is 52.4 Å². The molecule has 0 spiro atoms. The van der Waals surface area contributed by atoms with Crippen molar-refractivity contribution in [3.8, 4) is 5.75 Å². The molecule has 0 saturated carbocycles. The van der Waals surface area contributed by atoms with Crippen molar-refractivity contribution in [3.05, 3.63) is 58.2 Å². The van der Waals surface area contributed by atoms with Crippen LogP contribution in [0.4, 0.5) is 17.5 Å². The van der Waals surface area contributed by atoms with Crippen LogP contribution >= 0.6 is 23.2 Å². The number of nitrogens with two attached hydrogens (primary N) is 1. The van der Waals surface area contributed by atoms with Gasteiger partial charge in [-0.25, -0.2) is 13.4 Å². The maximum atomic E-state index is 13.1. The molecule has 1 saturated heterocycles. The highest BCUT2D eigenvalue weighted by Gasteiger charge is 2.26. The fourth-order valence-corrected chi connectivity index (χ4v) is 5.52.